The fourth-order valence-corrected chi connectivity index (χ4v) is 5.37. The van der Waals surface area contributed by atoms with Crippen molar-refractivity contribution in [3.8, 4) is 23.0 Å². The van der Waals surface area contributed by atoms with Crippen LogP contribution in [0.25, 0.3) is 22.6 Å². The van der Waals surface area contributed by atoms with Gasteiger partial charge in [-0.2, -0.15) is 8.42 Å². The number of sulfone groups is 1. The van der Waals surface area contributed by atoms with Crippen LogP contribution in [0.2, 0.25) is 0 Å². The summed E-state index contributed by atoms with van der Waals surface area (Å²) in [5, 5.41) is 0. The number of hydrogen-bond acceptors (Lipinski definition) is 8. The third-order valence-corrected chi connectivity index (χ3v) is 8.07. The molecule has 172 valence electrons. The Balaban J connectivity index is 1.81. The summed E-state index contributed by atoms with van der Waals surface area (Å²) in [6.45, 7) is 3.26. The van der Waals surface area contributed by atoms with Gasteiger partial charge in [0.15, 0.2) is 21.2 Å². The van der Waals surface area contributed by atoms with Gasteiger partial charge in [-0.25, -0.2) is 13.4 Å². The van der Waals surface area contributed by atoms with Crippen molar-refractivity contribution in [3.63, 3.8) is 0 Å². The molecule has 0 aliphatic heterocycles. The second kappa shape index (κ2) is 8.53. The first-order valence-electron chi connectivity index (χ1n) is 9.97. The maximum absolute atomic E-state index is 13.1. The fourth-order valence-electron chi connectivity index (χ4n) is 3.29. The quantitative estimate of drug-likeness (QED) is 0.353. The smallest absolute Gasteiger partial charge is 0.342 e. The van der Waals surface area contributed by atoms with E-state index < -0.39 is 20.0 Å². The maximum atomic E-state index is 13.1. The third-order valence-electron chi connectivity index (χ3n) is 5.07. The number of oxazole rings is 1. The van der Waals surface area contributed by atoms with Gasteiger partial charge in [0.05, 0.1) is 23.3 Å². The number of nitrogens with zero attached hydrogens (tertiary/aromatic N) is 1. The van der Waals surface area contributed by atoms with E-state index in [1.807, 2.05) is 0 Å². The van der Waals surface area contributed by atoms with Gasteiger partial charge >= 0.3 is 10.1 Å². The highest BCUT2D eigenvalue weighted by molar-refractivity contribution is 7.91. The molecule has 8 nitrogen and oxygen atoms in total. The minimum absolute atomic E-state index is 0.0418. The first kappa shape index (κ1) is 22.8. The first-order chi connectivity index (χ1) is 15.7. The van der Waals surface area contributed by atoms with Crippen LogP contribution < -0.4 is 8.92 Å². The Labute approximate surface area is 191 Å². The van der Waals surface area contributed by atoms with Crippen LogP contribution in [0.15, 0.2) is 74.9 Å². The molecule has 0 amide bonds. The molecule has 0 unspecified atom stereocenters. The van der Waals surface area contributed by atoms with Crippen LogP contribution in [-0.2, 0) is 20.0 Å². The van der Waals surface area contributed by atoms with Gasteiger partial charge in [0.1, 0.15) is 16.2 Å². The molecule has 0 aliphatic rings. The van der Waals surface area contributed by atoms with Crippen LogP contribution in [0.3, 0.4) is 0 Å². The largest absolute Gasteiger partial charge is 0.495 e. The van der Waals surface area contributed by atoms with Crippen molar-refractivity contribution in [3.05, 3.63) is 66.2 Å². The molecule has 0 bridgehead atoms. The zero-order valence-electron chi connectivity index (χ0n) is 18.1. The lowest BCUT2D eigenvalue weighted by Crippen LogP contribution is -2.12. The zero-order valence-corrected chi connectivity index (χ0v) is 19.7. The summed E-state index contributed by atoms with van der Waals surface area (Å²) >= 11 is 0. The van der Waals surface area contributed by atoms with Crippen molar-refractivity contribution < 1.29 is 30.2 Å². The van der Waals surface area contributed by atoms with Crippen LogP contribution in [0.4, 0.5) is 0 Å². The Hall–Kier alpha value is -3.37. The van der Waals surface area contributed by atoms with Gasteiger partial charge in [-0.15, -0.1) is 0 Å². The molecule has 10 heteroatoms. The lowest BCUT2D eigenvalue weighted by atomic mass is 10.1. The van der Waals surface area contributed by atoms with Crippen molar-refractivity contribution in [2.75, 3.05) is 12.9 Å². The predicted octanol–water partition coefficient (Wildman–Crippen LogP) is 4.37. The Kier molecular flexibility index (Phi) is 5.89. The van der Waals surface area contributed by atoms with E-state index in [4.69, 9.17) is 13.3 Å². The zero-order chi connectivity index (χ0) is 23.8. The van der Waals surface area contributed by atoms with Gasteiger partial charge in [-0.05, 0) is 48.9 Å². The number of aromatic nitrogens is 1. The van der Waals surface area contributed by atoms with Crippen molar-refractivity contribution in [1.29, 1.82) is 0 Å². The lowest BCUT2D eigenvalue weighted by molar-refractivity contribution is 0.398. The van der Waals surface area contributed by atoms with E-state index in [0.717, 1.165) is 0 Å². The first-order valence-corrected chi connectivity index (χ1v) is 13.0. The number of rotatable bonds is 7. The van der Waals surface area contributed by atoms with Crippen LogP contribution >= 0.6 is 0 Å². The van der Waals surface area contributed by atoms with E-state index >= 15 is 0 Å². The number of ether oxygens (including phenoxy) is 1. The molecule has 1 heterocycles. The van der Waals surface area contributed by atoms with E-state index in [0.29, 0.717) is 22.2 Å². The topological polar surface area (TPSA) is 113 Å². The van der Waals surface area contributed by atoms with Gasteiger partial charge in [-0.1, -0.05) is 31.2 Å². The molecule has 4 rings (SSSR count). The molecule has 0 aliphatic carbocycles. The maximum Gasteiger partial charge on any atom is 0.342 e. The van der Waals surface area contributed by atoms with Gasteiger partial charge < -0.3 is 13.3 Å². The molecule has 0 radical (unpaired) electrons. The Morgan fingerprint density at radius 3 is 2.45 bits per heavy atom. The Morgan fingerprint density at radius 1 is 0.970 bits per heavy atom. The Morgan fingerprint density at radius 2 is 1.73 bits per heavy atom. The van der Waals surface area contributed by atoms with Gasteiger partial charge in [0.2, 0.25) is 5.89 Å². The molecular formula is C23H21NO7S2. The molecule has 0 atom stereocenters. The van der Waals surface area contributed by atoms with E-state index in [2.05, 4.69) is 4.98 Å². The average molecular weight is 488 g/mol. The summed E-state index contributed by atoms with van der Waals surface area (Å²) in [5.41, 5.74) is 1.55. The van der Waals surface area contributed by atoms with Crippen molar-refractivity contribution >= 4 is 31.1 Å². The number of fused-ring (bicyclic) bond motifs is 1. The van der Waals surface area contributed by atoms with Crippen LogP contribution in [-0.4, -0.2) is 34.7 Å². The molecule has 0 N–H and O–H groups in total. The van der Waals surface area contributed by atoms with Crippen LogP contribution in [0, 0.1) is 6.92 Å². The molecule has 0 fully saturated rings. The van der Waals surface area contributed by atoms with E-state index in [9.17, 15) is 16.8 Å². The minimum atomic E-state index is -4.24. The standard InChI is InChI=1S/C23H21NO7S2/c1-4-32(25,26)16-12-13-19-18(14-16)24-23(30-19)17-9-7-8-15(2)22(17)31-33(27,28)21-11-6-5-10-20(21)29-3/h5-14H,4H2,1-3H3. The summed E-state index contributed by atoms with van der Waals surface area (Å²) in [6.07, 6.45) is 0. The summed E-state index contributed by atoms with van der Waals surface area (Å²) in [4.78, 5) is 4.42. The molecule has 4 aromatic rings. The lowest BCUT2D eigenvalue weighted by Gasteiger charge is -2.14. The van der Waals surface area contributed by atoms with Crippen molar-refractivity contribution in [1.82, 2.24) is 4.98 Å². The van der Waals surface area contributed by atoms with E-state index in [1.165, 1.54) is 37.4 Å². The number of para-hydroxylation sites is 2. The monoisotopic (exact) mass is 487 g/mol. The second-order valence-corrected chi connectivity index (χ2v) is 11.0. The average Bonchev–Trinajstić information content (AvgIpc) is 3.23. The molecular weight excluding hydrogens is 466 g/mol. The predicted molar refractivity (Wildman–Crippen MR) is 123 cm³/mol. The normalized spacial score (nSPS) is 12.1. The van der Waals surface area contributed by atoms with E-state index in [-0.39, 0.29) is 32.9 Å². The van der Waals surface area contributed by atoms with Gasteiger partial charge in [0.25, 0.3) is 0 Å². The van der Waals surface area contributed by atoms with Crippen molar-refractivity contribution in [2.45, 2.75) is 23.6 Å². The number of aryl methyl sites for hydroxylation is 1. The highest BCUT2D eigenvalue weighted by Gasteiger charge is 2.26. The van der Waals surface area contributed by atoms with Gasteiger partial charge in [-0.3, -0.25) is 0 Å². The number of benzene rings is 3. The second-order valence-electron chi connectivity index (χ2n) is 7.19. The van der Waals surface area contributed by atoms with Crippen LogP contribution in [0.1, 0.15) is 12.5 Å². The molecule has 0 saturated heterocycles. The molecule has 1 aromatic heterocycles. The molecule has 0 saturated carbocycles. The Bertz CT molecular complexity index is 1550. The minimum Gasteiger partial charge on any atom is -0.495 e. The molecule has 3 aromatic carbocycles. The molecule has 33 heavy (non-hydrogen) atoms. The SMILES string of the molecule is CCS(=O)(=O)c1ccc2oc(-c3cccc(C)c3OS(=O)(=O)c3ccccc3OC)nc2c1. The summed E-state index contributed by atoms with van der Waals surface area (Å²) < 4.78 is 67.0. The highest BCUT2D eigenvalue weighted by Crippen LogP contribution is 2.37. The van der Waals surface area contributed by atoms with Crippen LogP contribution in [0.5, 0.6) is 11.5 Å². The highest BCUT2D eigenvalue weighted by atomic mass is 32.2. The summed E-state index contributed by atoms with van der Waals surface area (Å²) in [7, 11) is -6.29. The van der Waals surface area contributed by atoms with Crippen molar-refractivity contribution in [2.24, 2.45) is 0 Å². The molecule has 0 spiro atoms. The van der Waals surface area contributed by atoms with Gasteiger partial charge in [0, 0.05) is 0 Å². The fraction of sp³-hybridized carbons (Fsp3) is 0.174. The summed E-state index contributed by atoms with van der Waals surface area (Å²) in [5.74, 6) is 0.264. The number of methoxy groups -OCH3 is 1. The third kappa shape index (κ3) is 4.31. The summed E-state index contributed by atoms with van der Waals surface area (Å²) in [6, 6.07) is 15.6. The van der Waals surface area contributed by atoms with E-state index in [1.54, 1.807) is 44.2 Å². The number of hydrogen-bond donors (Lipinski definition) is 0.